The lowest BCUT2D eigenvalue weighted by Crippen LogP contribution is -2.48. The van der Waals surface area contributed by atoms with Crippen molar-refractivity contribution in [2.75, 3.05) is 20.0 Å². The van der Waals surface area contributed by atoms with Crippen LogP contribution in [-0.2, 0) is 4.74 Å². The maximum atomic E-state index is 5.35. The van der Waals surface area contributed by atoms with Gasteiger partial charge in [-0.05, 0) is 37.9 Å². The van der Waals surface area contributed by atoms with Crippen LogP contribution in [0.15, 0.2) is 0 Å². The summed E-state index contributed by atoms with van der Waals surface area (Å²) in [6, 6.07) is 1.34. The van der Waals surface area contributed by atoms with E-state index in [-0.39, 0.29) is 0 Å². The Morgan fingerprint density at radius 2 is 2.00 bits per heavy atom. The lowest BCUT2D eigenvalue weighted by molar-refractivity contribution is 0.147. The summed E-state index contributed by atoms with van der Waals surface area (Å²) in [5.41, 5.74) is 0. The Hall–Kier alpha value is 0.270. The molecule has 0 aromatic heterocycles. The minimum atomic E-state index is 0.614. The van der Waals surface area contributed by atoms with Crippen molar-refractivity contribution in [2.45, 2.75) is 55.9 Å². The van der Waals surface area contributed by atoms with Gasteiger partial charge in [0.25, 0.3) is 0 Å². The molecule has 0 bridgehead atoms. The summed E-state index contributed by atoms with van der Waals surface area (Å²) in [6.07, 6.45) is 10.6. The Morgan fingerprint density at radius 3 is 2.62 bits per heavy atom. The van der Waals surface area contributed by atoms with E-state index in [9.17, 15) is 0 Å². The molecule has 2 rings (SSSR count). The number of hydrogen-bond donors (Lipinski definition) is 1. The molecule has 0 aromatic rings. The Morgan fingerprint density at radius 1 is 1.25 bits per heavy atom. The van der Waals surface area contributed by atoms with E-state index in [4.69, 9.17) is 4.74 Å². The molecule has 2 fully saturated rings. The standard InChI is InChI=1S/C13H25NOS/c1-15-9-12(10-7-8-10)14-11-5-3-4-6-13(11)16-2/h10-14H,3-9H2,1-2H3. The van der Waals surface area contributed by atoms with E-state index in [1.165, 1.54) is 38.5 Å². The molecule has 2 aliphatic carbocycles. The first-order valence-corrected chi connectivity index (χ1v) is 7.91. The molecule has 0 aromatic carbocycles. The molecule has 94 valence electrons. The van der Waals surface area contributed by atoms with Gasteiger partial charge in [0.15, 0.2) is 0 Å². The third-order valence-corrected chi connectivity index (χ3v) is 5.14. The molecule has 0 radical (unpaired) electrons. The van der Waals surface area contributed by atoms with Crippen molar-refractivity contribution >= 4 is 11.8 Å². The van der Waals surface area contributed by atoms with E-state index in [1.54, 1.807) is 0 Å². The summed E-state index contributed by atoms with van der Waals surface area (Å²) in [5.74, 6) is 0.893. The largest absolute Gasteiger partial charge is 0.383 e. The molecule has 3 atom stereocenters. The number of ether oxygens (including phenoxy) is 1. The van der Waals surface area contributed by atoms with Crippen molar-refractivity contribution in [1.82, 2.24) is 5.32 Å². The van der Waals surface area contributed by atoms with Crippen LogP contribution in [0.5, 0.6) is 0 Å². The summed E-state index contributed by atoms with van der Waals surface area (Å²) in [5, 5.41) is 4.70. The Kier molecular flexibility index (Phi) is 4.98. The molecule has 0 saturated heterocycles. The van der Waals surface area contributed by atoms with Gasteiger partial charge in [-0.3, -0.25) is 0 Å². The topological polar surface area (TPSA) is 21.3 Å². The molecule has 3 unspecified atom stereocenters. The van der Waals surface area contributed by atoms with Crippen molar-refractivity contribution in [1.29, 1.82) is 0 Å². The van der Waals surface area contributed by atoms with Gasteiger partial charge in [-0.1, -0.05) is 12.8 Å². The van der Waals surface area contributed by atoms with Crippen LogP contribution in [-0.4, -0.2) is 37.3 Å². The van der Waals surface area contributed by atoms with Gasteiger partial charge in [-0.15, -0.1) is 0 Å². The van der Waals surface area contributed by atoms with Crippen molar-refractivity contribution in [3.05, 3.63) is 0 Å². The highest BCUT2D eigenvalue weighted by atomic mass is 32.2. The van der Waals surface area contributed by atoms with Crippen molar-refractivity contribution in [3.63, 3.8) is 0 Å². The van der Waals surface area contributed by atoms with Crippen molar-refractivity contribution < 1.29 is 4.74 Å². The lowest BCUT2D eigenvalue weighted by atomic mass is 9.94. The average Bonchev–Trinajstić information content (AvgIpc) is 3.13. The fraction of sp³-hybridized carbons (Fsp3) is 1.00. The van der Waals surface area contributed by atoms with Gasteiger partial charge >= 0.3 is 0 Å². The SMILES string of the molecule is COCC(NC1CCCCC1SC)C1CC1. The van der Waals surface area contributed by atoms with E-state index in [2.05, 4.69) is 11.6 Å². The highest BCUT2D eigenvalue weighted by molar-refractivity contribution is 7.99. The van der Waals surface area contributed by atoms with E-state index >= 15 is 0 Å². The van der Waals surface area contributed by atoms with Gasteiger partial charge in [-0.2, -0.15) is 11.8 Å². The predicted octanol–water partition coefficient (Wildman–Crippen LogP) is 2.68. The molecule has 0 spiro atoms. The number of thioether (sulfide) groups is 1. The molecule has 2 nitrogen and oxygen atoms in total. The van der Waals surface area contributed by atoms with Crippen molar-refractivity contribution in [3.8, 4) is 0 Å². The fourth-order valence-corrected chi connectivity index (χ4v) is 3.79. The molecule has 1 N–H and O–H groups in total. The van der Waals surface area contributed by atoms with Gasteiger partial charge in [0.1, 0.15) is 0 Å². The highest BCUT2D eigenvalue weighted by Crippen LogP contribution is 2.35. The molecule has 3 heteroatoms. The minimum Gasteiger partial charge on any atom is -0.383 e. The molecular weight excluding hydrogens is 218 g/mol. The second-order valence-electron chi connectivity index (χ2n) is 5.23. The third-order valence-electron chi connectivity index (χ3n) is 3.97. The first-order chi connectivity index (χ1) is 7.85. The van der Waals surface area contributed by atoms with Crippen LogP contribution in [0.25, 0.3) is 0 Å². The first kappa shape index (κ1) is 12.7. The molecule has 2 saturated carbocycles. The first-order valence-electron chi connectivity index (χ1n) is 6.63. The summed E-state index contributed by atoms with van der Waals surface area (Å²) in [7, 11) is 1.82. The predicted molar refractivity (Wildman–Crippen MR) is 71.1 cm³/mol. The van der Waals surface area contributed by atoms with Crippen LogP contribution in [0, 0.1) is 5.92 Å². The van der Waals surface area contributed by atoms with Gasteiger partial charge in [-0.25, -0.2) is 0 Å². The van der Waals surface area contributed by atoms with E-state index in [0.717, 1.165) is 23.8 Å². The third kappa shape index (κ3) is 3.38. The van der Waals surface area contributed by atoms with E-state index < -0.39 is 0 Å². The van der Waals surface area contributed by atoms with Crippen LogP contribution < -0.4 is 5.32 Å². The lowest BCUT2D eigenvalue weighted by Gasteiger charge is -2.34. The number of hydrogen-bond acceptors (Lipinski definition) is 3. The van der Waals surface area contributed by atoms with Gasteiger partial charge in [0.2, 0.25) is 0 Å². The van der Waals surface area contributed by atoms with Gasteiger partial charge in [0, 0.05) is 24.4 Å². The van der Waals surface area contributed by atoms with Crippen molar-refractivity contribution in [2.24, 2.45) is 5.92 Å². The summed E-state index contributed by atoms with van der Waals surface area (Å²) >= 11 is 2.04. The maximum Gasteiger partial charge on any atom is 0.0618 e. The zero-order valence-electron chi connectivity index (χ0n) is 10.6. The van der Waals surface area contributed by atoms with Gasteiger partial charge < -0.3 is 10.1 Å². The highest BCUT2D eigenvalue weighted by Gasteiger charge is 2.34. The van der Waals surface area contributed by atoms with Crippen LogP contribution in [0.4, 0.5) is 0 Å². The molecule has 16 heavy (non-hydrogen) atoms. The number of methoxy groups -OCH3 is 1. The number of nitrogens with one attached hydrogen (secondary N) is 1. The van der Waals surface area contributed by atoms with Crippen LogP contribution in [0.2, 0.25) is 0 Å². The van der Waals surface area contributed by atoms with Crippen LogP contribution in [0.3, 0.4) is 0 Å². The zero-order chi connectivity index (χ0) is 11.4. The molecule has 0 aliphatic heterocycles. The van der Waals surface area contributed by atoms with E-state index in [0.29, 0.717) is 6.04 Å². The molecule has 2 aliphatic rings. The zero-order valence-corrected chi connectivity index (χ0v) is 11.4. The Balaban J connectivity index is 1.84. The second kappa shape index (κ2) is 6.27. The Labute approximate surface area is 104 Å². The second-order valence-corrected chi connectivity index (χ2v) is 6.31. The normalized spacial score (nSPS) is 32.6. The summed E-state index contributed by atoms with van der Waals surface area (Å²) in [6.45, 7) is 0.891. The number of rotatable bonds is 6. The van der Waals surface area contributed by atoms with Gasteiger partial charge in [0.05, 0.1) is 6.61 Å². The van der Waals surface area contributed by atoms with Crippen LogP contribution >= 0.6 is 11.8 Å². The molecule has 0 amide bonds. The smallest absolute Gasteiger partial charge is 0.0618 e. The summed E-state index contributed by atoms with van der Waals surface area (Å²) in [4.78, 5) is 0. The molecule has 0 heterocycles. The quantitative estimate of drug-likeness (QED) is 0.775. The molecular formula is C13H25NOS. The maximum absolute atomic E-state index is 5.35. The monoisotopic (exact) mass is 243 g/mol. The summed E-state index contributed by atoms with van der Waals surface area (Å²) < 4.78 is 5.35. The Bertz CT molecular complexity index is 208. The van der Waals surface area contributed by atoms with E-state index in [1.807, 2.05) is 18.9 Å². The fourth-order valence-electron chi connectivity index (χ4n) is 2.84. The minimum absolute atomic E-state index is 0.614. The van der Waals surface area contributed by atoms with Crippen LogP contribution in [0.1, 0.15) is 38.5 Å². The average molecular weight is 243 g/mol.